The summed E-state index contributed by atoms with van der Waals surface area (Å²) in [5.41, 5.74) is 0.741. The van der Waals surface area contributed by atoms with Crippen molar-refractivity contribution in [2.45, 2.75) is 26.6 Å². The molecule has 0 fully saturated rings. The highest BCUT2D eigenvalue weighted by Crippen LogP contribution is 2.20. The van der Waals surface area contributed by atoms with E-state index in [9.17, 15) is 18.0 Å². The standard InChI is InChI=1S/C12H18F3N3O2S/c1-3-18(9(2)19)11-17-10(7-21-11)6-16-4-5-20-8-12(13,14)15/h7,16H,3-6,8H2,1-2H3. The molecule has 9 heteroatoms. The van der Waals surface area contributed by atoms with Crippen LogP contribution in [0, 0.1) is 0 Å². The van der Waals surface area contributed by atoms with Gasteiger partial charge < -0.3 is 10.1 Å². The number of nitrogens with zero attached hydrogens (tertiary/aromatic N) is 2. The average Bonchev–Trinajstić information content (AvgIpc) is 2.81. The molecule has 1 amide bonds. The molecule has 0 bridgehead atoms. The highest BCUT2D eigenvalue weighted by atomic mass is 32.1. The van der Waals surface area contributed by atoms with E-state index in [1.807, 2.05) is 12.3 Å². The lowest BCUT2D eigenvalue weighted by Crippen LogP contribution is -2.28. The third-order valence-electron chi connectivity index (χ3n) is 2.46. The molecule has 1 aromatic heterocycles. The summed E-state index contributed by atoms with van der Waals surface area (Å²) in [6.07, 6.45) is -4.29. The van der Waals surface area contributed by atoms with Gasteiger partial charge in [0.25, 0.3) is 0 Å². The highest BCUT2D eigenvalue weighted by molar-refractivity contribution is 7.14. The monoisotopic (exact) mass is 325 g/mol. The maximum Gasteiger partial charge on any atom is 0.411 e. The molecule has 0 radical (unpaired) electrons. The minimum Gasteiger partial charge on any atom is -0.371 e. The molecule has 5 nitrogen and oxygen atoms in total. The first-order valence-corrected chi connectivity index (χ1v) is 7.29. The maximum atomic E-state index is 11.8. The number of halogens is 3. The number of aromatic nitrogens is 1. The summed E-state index contributed by atoms with van der Waals surface area (Å²) in [5.74, 6) is -0.0769. The molecule has 1 heterocycles. The number of carbonyl (C=O) groups is 1. The molecule has 1 rings (SSSR count). The maximum absolute atomic E-state index is 11.8. The Morgan fingerprint density at radius 1 is 1.52 bits per heavy atom. The van der Waals surface area contributed by atoms with Gasteiger partial charge in [-0.1, -0.05) is 0 Å². The predicted octanol–water partition coefficient (Wildman–Crippen LogP) is 2.18. The van der Waals surface area contributed by atoms with Crippen molar-refractivity contribution in [1.82, 2.24) is 10.3 Å². The number of alkyl halides is 3. The Balaban J connectivity index is 2.28. The van der Waals surface area contributed by atoms with Crippen molar-refractivity contribution in [3.63, 3.8) is 0 Å². The number of rotatable bonds is 8. The fourth-order valence-corrected chi connectivity index (χ4v) is 2.48. The predicted molar refractivity (Wildman–Crippen MR) is 74.4 cm³/mol. The molecule has 0 aromatic carbocycles. The van der Waals surface area contributed by atoms with E-state index in [2.05, 4.69) is 15.0 Å². The van der Waals surface area contributed by atoms with Crippen LogP contribution in [-0.2, 0) is 16.1 Å². The van der Waals surface area contributed by atoms with Gasteiger partial charge in [0.05, 0.1) is 12.3 Å². The zero-order valence-electron chi connectivity index (χ0n) is 11.9. The summed E-state index contributed by atoms with van der Waals surface area (Å²) in [6, 6.07) is 0. The van der Waals surface area contributed by atoms with Gasteiger partial charge in [-0.2, -0.15) is 13.2 Å². The molecule has 120 valence electrons. The number of ether oxygens (including phenoxy) is 1. The Morgan fingerprint density at radius 2 is 2.24 bits per heavy atom. The second-order valence-corrected chi connectivity index (χ2v) is 5.07. The van der Waals surface area contributed by atoms with Gasteiger partial charge in [0.15, 0.2) is 5.13 Å². The largest absolute Gasteiger partial charge is 0.411 e. The van der Waals surface area contributed by atoms with Gasteiger partial charge in [-0.3, -0.25) is 9.69 Å². The number of hydrogen-bond donors (Lipinski definition) is 1. The second-order valence-electron chi connectivity index (χ2n) is 4.23. The van der Waals surface area contributed by atoms with E-state index in [1.165, 1.54) is 18.3 Å². The van der Waals surface area contributed by atoms with Crippen LogP contribution in [0.15, 0.2) is 5.38 Å². The molecule has 0 unspecified atom stereocenters. The molecule has 0 spiro atoms. The number of carbonyl (C=O) groups excluding carboxylic acids is 1. The van der Waals surface area contributed by atoms with Crippen LogP contribution in [0.2, 0.25) is 0 Å². The van der Waals surface area contributed by atoms with Gasteiger partial charge in [-0.15, -0.1) is 11.3 Å². The molecule has 1 N–H and O–H groups in total. The van der Waals surface area contributed by atoms with Crippen LogP contribution in [-0.4, -0.2) is 43.4 Å². The lowest BCUT2D eigenvalue weighted by molar-refractivity contribution is -0.173. The highest BCUT2D eigenvalue weighted by Gasteiger charge is 2.27. The van der Waals surface area contributed by atoms with Crippen molar-refractivity contribution in [3.05, 3.63) is 11.1 Å². The zero-order valence-corrected chi connectivity index (χ0v) is 12.7. The topological polar surface area (TPSA) is 54.5 Å². The number of hydrogen-bond acceptors (Lipinski definition) is 5. The summed E-state index contributed by atoms with van der Waals surface area (Å²) in [6.45, 7) is 3.33. The van der Waals surface area contributed by atoms with Crippen LogP contribution in [0.1, 0.15) is 19.5 Å². The minimum atomic E-state index is -4.29. The molecular formula is C12H18F3N3O2S. The van der Waals surface area contributed by atoms with Crippen molar-refractivity contribution in [3.8, 4) is 0 Å². The van der Waals surface area contributed by atoms with E-state index in [0.29, 0.717) is 24.8 Å². The number of anilines is 1. The minimum absolute atomic E-state index is 0.0228. The van der Waals surface area contributed by atoms with E-state index in [4.69, 9.17) is 0 Å². The van der Waals surface area contributed by atoms with Crippen LogP contribution in [0.4, 0.5) is 18.3 Å². The van der Waals surface area contributed by atoms with Gasteiger partial charge in [0.2, 0.25) is 5.91 Å². The van der Waals surface area contributed by atoms with E-state index in [-0.39, 0.29) is 12.5 Å². The van der Waals surface area contributed by atoms with Crippen molar-refractivity contribution in [1.29, 1.82) is 0 Å². The van der Waals surface area contributed by atoms with Crippen LogP contribution >= 0.6 is 11.3 Å². The summed E-state index contributed by atoms with van der Waals surface area (Å²) in [7, 11) is 0. The van der Waals surface area contributed by atoms with Gasteiger partial charge in [0.1, 0.15) is 6.61 Å². The first-order valence-electron chi connectivity index (χ1n) is 6.41. The van der Waals surface area contributed by atoms with Crippen LogP contribution < -0.4 is 10.2 Å². The van der Waals surface area contributed by atoms with Crippen LogP contribution in [0.3, 0.4) is 0 Å². The third-order valence-corrected chi connectivity index (χ3v) is 3.37. The molecule has 0 saturated carbocycles. The molecule has 0 aliphatic rings. The van der Waals surface area contributed by atoms with Crippen molar-refractivity contribution in [2.24, 2.45) is 0 Å². The zero-order chi connectivity index (χ0) is 15.9. The average molecular weight is 325 g/mol. The Morgan fingerprint density at radius 3 is 2.81 bits per heavy atom. The lowest BCUT2D eigenvalue weighted by Gasteiger charge is -2.14. The molecule has 21 heavy (non-hydrogen) atoms. The summed E-state index contributed by atoms with van der Waals surface area (Å²) in [5, 5.41) is 5.37. The number of amides is 1. The Hall–Kier alpha value is -1.19. The molecule has 0 saturated heterocycles. The third kappa shape index (κ3) is 6.87. The molecule has 1 aromatic rings. The van der Waals surface area contributed by atoms with E-state index in [1.54, 1.807) is 4.90 Å². The fourth-order valence-electron chi connectivity index (χ4n) is 1.54. The summed E-state index contributed by atoms with van der Waals surface area (Å²) >= 11 is 1.36. The van der Waals surface area contributed by atoms with Crippen LogP contribution in [0.25, 0.3) is 0 Å². The first-order chi connectivity index (χ1) is 9.83. The number of thiazole rings is 1. The van der Waals surface area contributed by atoms with Crippen molar-refractivity contribution >= 4 is 22.4 Å². The van der Waals surface area contributed by atoms with E-state index >= 15 is 0 Å². The number of nitrogens with one attached hydrogen (secondary N) is 1. The van der Waals surface area contributed by atoms with Crippen molar-refractivity contribution in [2.75, 3.05) is 31.2 Å². The normalized spacial score (nSPS) is 11.7. The molecule has 0 atom stereocenters. The second kappa shape index (κ2) is 8.30. The van der Waals surface area contributed by atoms with Gasteiger partial charge >= 0.3 is 6.18 Å². The van der Waals surface area contributed by atoms with Crippen LogP contribution in [0.5, 0.6) is 0 Å². The molecule has 0 aliphatic carbocycles. The lowest BCUT2D eigenvalue weighted by atomic mass is 10.5. The molecule has 0 aliphatic heterocycles. The summed E-state index contributed by atoms with van der Waals surface area (Å²) in [4.78, 5) is 17.2. The Kier molecular flexibility index (Phi) is 7.06. The summed E-state index contributed by atoms with van der Waals surface area (Å²) < 4.78 is 39.9. The Labute approximate surface area is 125 Å². The smallest absolute Gasteiger partial charge is 0.371 e. The van der Waals surface area contributed by atoms with E-state index < -0.39 is 12.8 Å². The van der Waals surface area contributed by atoms with Gasteiger partial charge in [0, 0.05) is 31.9 Å². The first kappa shape index (κ1) is 17.9. The Bertz CT molecular complexity index is 451. The van der Waals surface area contributed by atoms with E-state index in [0.717, 1.165) is 5.69 Å². The van der Waals surface area contributed by atoms with Crippen molar-refractivity contribution < 1.29 is 22.7 Å². The quantitative estimate of drug-likeness (QED) is 0.745. The SMILES string of the molecule is CCN(C(C)=O)c1nc(CNCCOCC(F)(F)F)cs1. The van der Waals surface area contributed by atoms with Gasteiger partial charge in [-0.25, -0.2) is 4.98 Å². The molecular weight excluding hydrogens is 307 g/mol. The fraction of sp³-hybridized carbons (Fsp3) is 0.667. The van der Waals surface area contributed by atoms with Gasteiger partial charge in [-0.05, 0) is 6.92 Å².